The van der Waals surface area contributed by atoms with Crippen molar-refractivity contribution in [1.29, 1.82) is 0 Å². The smallest absolute Gasteiger partial charge is 0.292 e. The van der Waals surface area contributed by atoms with Crippen molar-refractivity contribution in [2.45, 2.75) is 19.4 Å². The van der Waals surface area contributed by atoms with Gasteiger partial charge in [0.05, 0.1) is 17.6 Å². The first-order valence-corrected chi connectivity index (χ1v) is 6.41. The molecule has 0 saturated carbocycles. The van der Waals surface area contributed by atoms with Gasteiger partial charge in [-0.1, -0.05) is 6.92 Å². The van der Waals surface area contributed by atoms with E-state index in [1.165, 1.54) is 18.2 Å². The van der Waals surface area contributed by atoms with Gasteiger partial charge in [-0.2, -0.15) is 0 Å². The summed E-state index contributed by atoms with van der Waals surface area (Å²) < 4.78 is 0. The average molecular weight is 279 g/mol. The average Bonchev–Trinajstić information content (AvgIpc) is 2.79. The topological polar surface area (TPSA) is 110 Å². The molecule has 7 heteroatoms. The number of benzene rings is 1. The second-order valence-corrected chi connectivity index (χ2v) is 5.05. The van der Waals surface area contributed by atoms with Crippen molar-refractivity contribution < 1.29 is 14.8 Å². The summed E-state index contributed by atoms with van der Waals surface area (Å²) in [6.07, 6.45) is 0.814. The van der Waals surface area contributed by atoms with Gasteiger partial charge in [-0.05, 0) is 24.5 Å². The van der Waals surface area contributed by atoms with Gasteiger partial charge in [-0.15, -0.1) is 0 Å². The molecule has 0 aliphatic carbocycles. The number of hydrogen-bond donors (Lipinski definition) is 2. The van der Waals surface area contributed by atoms with Crippen molar-refractivity contribution in [3.63, 3.8) is 0 Å². The molecule has 1 aliphatic heterocycles. The lowest BCUT2D eigenvalue weighted by molar-refractivity contribution is -0.383. The number of amides is 1. The van der Waals surface area contributed by atoms with E-state index >= 15 is 0 Å². The number of nitro benzene ring substituents is 1. The highest BCUT2D eigenvalue weighted by Crippen LogP contribution is 2.28. The number of nitrogen functional groups attached to an aromatic ring is 1. The highest BCUT2D eigenvalue weighted by molar-refractivity contribution is 5.96. The summed E-state index contributed by atoms with van der Waals surface area (Å²) in [5, 5.41) is 20.2. The van der Waals surface area contributed by atoms with Crippen LogP contribution in [0.25, 0.3) is 0 Å². The van der Waals surface area contributed by atoms with Crippen LogP contribution in [-0.2, 0) is 0 Å². The zero-order valence-electron chi connectivity index (χ0n) is 11.2. The van der Waals surface area contributed by atoms with E-state index in [9.17, 15) is 20.0 Å². The molecule has 0 aromatic heterocycles. The molecule has 1 saturated heterocycles. The Hall–Kier alpha value is -2.15. The minimum Gasteiger partial charge on any atom is -0.394 e. The lowest BCUT2D eigenvalue weighted by atomic mass is 10.0. The summed E-state index contributed by atoms with van der Waals surface area (Å²) >= 11 is 0. The standard InChI is InChI=1S/C13H17N3O4/c1-8-4-5-15(12(8)7-17)13(18)9-2-3-10(14)11(6-9)16(19)20/h2-3,6,8,12,17H,4-5,7,14H2,1H3. The molecule has 0 radical (unpaired) electrons. The number of aliphatic hydroxyl groups excluding tert-OH is 1. The molecule has 0 spiro atoms. The number of likely N-dealkylation sites (tertiary alicyclic amines) is 1. The fraction of sp³-hybridized carbons (Fsp3) is 0.462. The van der Waals surface area contributed by atoms with Crippen molar-refractivity contribution in [3.05, 3.63) is 33.9 Å². The summed E-state index contributed by atoms with van der Waals surface area (Å²) in [5.74, 6) is -0.0933. The lowest BCUT2D eigenvalue weighted by Crippen LogP contribution is -2.39. The second kappa shape index (κ2) is 5.46. The van der Waals surface area contributed by atoms with Crippen LogP contribution in [0.5, 0.6) is 0 Å². The molecule has 1 heterocycles. The molecule has 1 aromatic carbocycles. The Kier molecular flexibility index (Phi) is 3.89. The molecule has 3 N–H and O–H groups in total. The summed E-state index contributed by atoms with van der Waals surface area (Å²) in [5.41, 5.74) is 5.49. The third kappa shape index (κ3) is 2.44. The number of aliphatic hydroxyl groups is 1. The molecule has 108 valence electrons. The van der Waals surface area contributed by atoms with Crippen LogP contribution in [0.1, 0.15) is 23.7 Å². The van der Waals surface area contributed by atoms with Crippen LogP contribution in [-0.4, -0.2) is 40.0 Å². The minimum atomic E-state index is -0.609. The number of rotatable bonds is 3. The van der Waals surface area contributed by atoms with Crippen LogP contribution in [0.3, 0.4) is 0 Å². The van der Waals surface area contributed by atoms with Gasteiger partial charge in [-0.25, -0.2) is 0 Å². The number of carbonyl (C=O) groups is 1. The van der Waals surface area contributed by atoms with Crippen molar-refractivity contribution in [2.24, 2.45) is 5.92 Å². The molecule has 7 nitrogen and oxygen atoms in total. The van der Waals surface area contributed by atoms with E-state index in [1.807, 2.05) is 6.92 Å². The summed E-state index contributed by atoms with van der Waals surface area (Å²) in [4.78, 5) is 24.2. The first-order chi connectivity index (χ1) is 9.45. The number of nitrogens with zero attached hydrogens (tertiary/aromatic N) is 2. The van der Waals surface area contributed by atoms with E-state index in [1.54, 1.807) is 4.90 Å². The Morgan fingerprint density at radius 3 is 2.90 bits per heavy atom. The molecule has 2 unspecified atom stereocenters. The Morgan fingerprint density at radius 2 is 2.30 bits per heavy atom. The van der Waals surface area contributed by atoms with Crippen LogP contribution in [0, 0.1) is 16.0 Å². The highest BCUT2D eigenvalue weighted by Gasteiger charge is 2.34. The number of hydrogen-bond acceptors (Lipinski definition) is 5. The van der Waals surface area contributed by atoms with Gasteiger partial charge < -0.3 is 15.7 Å². The predicted molar refractivity (Wildman–Crippen MR) is 73.2 cm³/mol. The van der Waals surface area contributed by atoms with E-state index in [4.69, 9.17) is 5.73 Å². The monoisotopic (exact) mass is 279 g/mol. The normalized spacial score (nSPS) is 22.0. The molecular formula is C13H17N3O4. The number of nitro groups is 1. The third-order valence-corrected chi connectivity index (χ3v) is 3.80. The van der Waals surface area contributed by atoms with Gasteiger partial charge in [0, 0.05) is 18.2 Å². The molecule has 0 bridgehead atoms. The number of anilines is 1. The molecule has 1 aliphatic rings. The molecule has 20 heavy (non-hydrogen) atoms. The second-order valence-electron chi connectivity index (χ2n) is 5.05. The van der Waals surface area contributed by atoms with Crippen LogP contribution in [0.15, 0.2) is 18.2 Å². The molecule has 2 rings (SSSR count). The Labute approximate surface area is 116 Å². The van der Waals surface area contributed by atoms with Gasteiger partial charge in [0.15, 0.2) is 0 Å². The van der Waals surface area contributed by atoms with Crippen LogP contribution in [0.4, 0.5) is 11.4 Å². The van der Waals surface area contributed by atoms with Crippen molar-refractivity contribution in [2.75, 3.05) is 18.9 Å². The number of carbonyl (C=O) groups excluding carboxylic acids is 1. The molecule has 1 amide bonds. The zero-order chi connectivity index (χ0) is 14.9. The Balaban J connectivity index is 2.30. The first-order valence-electron chi connectivity index (χ1n) is 6.41. The van der Waals surface area contributed by atoms with Crippen LogP contribution in [0.2, 0.25) is 0 Å². The predicted octanol–water partition coefficient (Wildman–Crippen LogP) is 1.02. The quantitative estimate of drug-likeness (QED) is 0.487. The largest absolute Gasteiger partial charge is 0.394 e. The minimum absolute atomic E-state index is 0.0278. The first kappa shape index (κ1) is 14.3. The summed E-state index contributed by atoms with van der Waals surface area (Å²) in [6, 6.07) is 3.79. The molecule has 2 atom stereocenters. The van der Waals surface area contributed by atoms with Gasteiger partial charge in [0.1, 0.15) is 5.69 Å². The van der Waals surface area contributed by atoms with Gasteiger partial charge in [-0.3, -0.25) is 14.9 Å². The summed E-state index contributed by atoms with van der Waals surface area (Å²) in [6.45, 7) is 2.41. The number of nitrogens with two attached hydrogens (primary N) is 1. The highest BCUT2D eigenvalue weighted by atomic mass is 16.6. The lowest BCUT2D eigenvalue weighted by Gasteiger charge is -2.25. The fourth-order valence-corrected chi connectivity index (χ4v) is 2.54. The Morgan fingerprint density at radius 1 is 1.60 bits per heavy atom. The van der Waals surface area contributed by atoms with E-state index in [0.29, 0.717) is 6.54 Å². The SMILES string of the molecule is CC1CCN(C(=O)c2ccc(N)c([N+](=O)[O-])c2)C1CO. The van der Waals surface area contributed by atoms with Gasteiger partial charge >= 0.3 is 0 Å². The van der Waals surface area contributed by atoms with Gasteiger partial charge in [0.2, 0.25) is 0 Å². The van der Waals surface area contributed by atoms with Crippen molar-refractivity contribution in [1.82, 2.24) is 4.90 Å². The third-order valence-electron chi connectivity index (χ3n) is 3.80. The van der Waals surface area contributed by atoms with Crippen LogP contribution >= 0.6 is 0 Å². The molecule has 1 fully saturated rings. The van der Waals surface area contributed by atoms with Crippen LogP contribution < -0.4 is 5.73 Å². The maximum Gasteiger partial charge on any atom is 0.292 e. The maximum absolute atomic E-state index is 12.4. The van der Waals surface area contributed by atoms with Gasteiger partial charge in [0.25, 0.3) is 11.6 Å². The molecular weight excluding hydrogens is 262 g/mol. The van der Waals surface area contributed by atoms with E-state index in [-0.39, 0.29) is 41.4 Å². The van der Waals surface area contributed by atoms with E-state index < -0.39 is 4.92 Å². The maximum atomic E-state index is 12.4. The van der Waals surface area contributed by atoms with E-state index in [0.717, 1.165) is 6.42 Å². The van der Waals surface area contributed by atoms with Crippen molar-refractivity contribution in [3.8, 4) is 0 Å². The van der Waals surface area contributed by atoms with E-state index in [2.05, 4.69) is 0 Å². The molecule has 1 aromatic rings. The Bertz CT molecular complexity index is 546. The zero-order valence-corrected chi connectivity index (χ0v) is 11.2. The fourth-order valence-electron chi connectivity index (χ4n) is 2.54. The van der Waals surface area contributed by atoms with Crippen molar-refractivity contribution >= 4 is 17.3 Å². The summed E-state index contributed by atoms with van der Waals surface area (Å²) in [7, 11) is 0.